The third-order valence-electron chi connectivity index (χ3n) is 11.0. The van der Waals surface area contributed by atoms with E-state index >= 15 is 0 Å². The Morgan fingerprint density at radius 2 is 0.586 bits per heavy atom. The molecule has 0 atom stereocenters. The minimum absolute atomic E-state index is 0.227. The van der Waals surface area contributed by atoms with Gasteiger partial charge in [-0.05, 0) is 61.4 Å². The van der Waals surface area contributed by atoms with Crippen molar-refractivity contribution in [2.75, 3.05) is 13.2 Å². The van der Waals surface area contributed by atoms with Crippen molar-refractivity contribution in [1.82, 2.24) is 0 Å². The fourth-order valence-corrected chi connectivity index (χ4v) is 7.34. The Hall–Kier alpha value is -4.16. The number of nitriles is 2. The molecule has 0 saturated heterocycles. The van der Waals surface area contributed by atoms with Crippen LogP contribution in [0.1, 0.15) is 205 Å². The molecule has 3 aromatic carbocycles. The molecule has 0 amide bonds. The second kappa shape index (κ2) is 32.8. The van der Waals surface area contributed by atoms with Crippen LogP contribution >= 0.6 is 0 Å². The van der Waals surface area contributed by atoms with Gasteiger partial charge in [-0.2, -0.15) is 10.5 Å². The molecule has 0 aliphatic rings. The Morgan fingerprint density at radius 3 is 0.845 bits per heavy atom. The summed E-state index contributed by atoms with van der Waals surface area (Å²) in [5, 5.41) is 19.4. The van der Waals surface area contributed by atoms with Crippen molar-refractivity contribution in [2.45, 2.75) is 194 Å². The van der Waals surface area contributed by atoms with E-state index in [0.717, 1.165) is 24.3 Å². The summed E-state index contributed by atoms with van der Waals surface area (Å²) in [6.45, 7) is 5.95. The van der Waals surface area contributed by atoms with E-state index in [4.69, 9.17) is 18.9 Å². The highest BCUT2D eigenvalue weighted by Gasteiger charge is 2.15. The van der Waals surface area contributed by atoms with Crippen LogP contribution in [0, 0.1) is 22.7 Å². The smallest absolute Gasteiger partial charge is 0.171 e. The van der Waals surface area contributed by atoms with Crippen molar-refractivity contribution < 1.29 is 18.9 Å². The summed E-state index contributed by atoms with van der Waals surface area (Å²) in [5.41, 5.74) is 0.454. The standard InChI is InChI=1S/C52H76N2O4/c1-3-5-7-9-11-13-15-17-19-21-23-25-27-29-39-55-47-31-35-49(36-32-47)57-51-41-45(43-53)46(44-54)42-52(51)58-50-37-33-48(34-38-50)56-40-30-28-26-24-22-20-18-16-14-12-10-8-6-4-2/h31-38,41-42H,3-30,39-40H2,1-2H3. The van der Waals surface area contributed by atoms with Crippen molar-refractivity contribution in [3.05, 3.63) is 71.8 Å². The summed E-state index contributed by atoms with van der Waals surface area (Å²) < 4.78 is 24.4. The first kappa shape index (κ1) is 48.2. The van der Waals surface area contributed by atoms with Gasteiger partial charge in [0.1, 0.15) is 35.1 Å². The van der Waals surface area contributed by atoms with Gasteiger partial charge < -0.3 is 18.9 Å². The van der Waals surface area contributed by atoms with E-state index in [9.17, 15) is 10.5 Å². The van der Waals surface area contributed by atoms with Gasteiger partial charge in [-0.1, -0.05) is 181 Å². The summed E-state index contributed by atoms with van der Waals surface area (Å²) in [5.74, 6) is 3.45. The third-order valence-corrected chi connectivity index (χ3v) is 11.0. The highest BCUT2D eigenvalue weighted by Crippen LogP contribution is 2.38. The molecule has 0 heterocycles. The van der Waals surface area contributed by atoms with Crippen molar-refractivity contribution in [3.63, 3.8) is 0 Å². The lowest BCUT2D eigenvalue weighted by Crippen LogP contribution is -1.98. The molecule has 0 aliphatic carbocycles. The van der Waals surface area contributed by atoms with E-state index in [-0.39, 0.29) is 11.1 Å². The Bertz CT molecular complexity index is 1420. The topological polar surface area (TPSA) is 84.5 Å². The van der Waals surface area contributed by atoms with Crippen LogP contribution in [0.3, 0.4) is 0 Å². The Morgan fingerprint density at radius 1 is 0.345 bits per heavy atom. The Balaban J connectivity index is 1.33. The van der Waals surface area contributed by atoms with Gasteiger partial charge in [0, 0.05) is 12.1 Å². The van der Waals surface area contributed by atoms with Crippen molar-refractivity contribution >= 4 is 0 Å². The molecular formula is C52H76N2O4. The zero-order valence-corrected chi connectivity index (χ0v) is 36.5. The van der Waals surface area contributed by atoms with Crippen LogP contribution in [-0.2, 0) is 0 Å². The van der Waals surface area contributed by atoms with E-state index in [1.54, 1.807) is 12.1 Å². The molecule has 3 aromatic rings. The molecule has 58 heavy (non-hydrogen) atoms. The van der Waals surface area contributed by atoms with E-state index < -0.39 is 0 Å². The molecule has 0 saturated carbocycles. The third kappa shape index (κ3) is 22.1. The van der Waals surface area contributed by atoms with Crippen LogP contribution < -0.4 is 18.9 Å². The molecule has 6 nitrogen and oxygen atoms in total. The Labute approximate surface area is 353 Å². The maximum atomic E-state index is 9.70. The van der Waals surface area contributed by atoms with Gasteiger partial charge in [0.15, 0.2) is 11.5 Å². The average molecular weight is 793 g/mol. The number of ether oxygens (including phenoxy) is 4. The fraction of sp³-hybridized carbons (Fsp3) is 0.615. The van der Waals surface area contributed by atoms with Crippen LogP contribution in [0.15, 0.2) is 60.7 Å². The zero-order chi connectivity index (χ0) is 41.1. The number of rotatable bonds is 36. The van der Waals surface area contributed by atoms with Gasteiger partial charge in [0.05, 0.1) is 24.3 Å². The first-order valence-corrected chi connectivity index (χ1v) is 23.5. The molecule has 0 spiro atoms. The van der Waals surface area contributed by atoms with Gasteiger partial charge in [0.2, 0.25) is 0 Å². The van der Waals surface area contributed by atoms with Gasteiger partial charge in [-0.15, -0.1) is 0 Å². The second-order valence-corrected chi connectivity index (χ2v) is 16.1. The monoisotopic (exact) mass is 793 g/mol. The van der Waals surface area contributed by atoms with Crippen LogP contribution in [0.2, 0.25) is 0 Å². The number of hydrogen-bond donors (Lipinski definition) is 0. The lowest BCUT2D eigenvalue weighted by atomic mass is 10.0. The molecule has 0 aromatic heterocycles. The van der Waals surface area contributed by atoms with Crippen molar-refractivity contribution in [3.8, 4) is 46.6 Å². The largest absolute Gasteiger partial charge is 0.494 e. The summed E-state index contributed by atoms with van der Waals surface area (Å²) in [6, 6.07) is 22.3. The van der Waals surface area contributed by atoms with E-state index in [0.29, 0.717) is 36.2 Å². The normalized spacial score (nSPS) is 10.9. The molecule has 0 bridgehead atoms. The first-order chi connectivity index (χ1) is 28.7. The molecule has 0 N–H and O–H groups in total. The van der Waals surface area contributed by atoms with Crippen molar-refractivity contribution in [2.24, 2.45) is 0 Å². The molecule has 3 rings (SSSR count). The zero-order valence-electron chi connectivity index (χ0n) is 36.5. The van der Waals surface area contributed by atoms with Gasteiger partial charge in [-0.3, -0.25) is 0 Å². The highest BCUT2D eigenvalue weighted by atomic mass is 16.5. The van der Waals surface area contributed by atoms with Crippen LogP contribution in [0.4, 0.5) is 0 Å². The average Bonchev–Trinajstić information content (AvgIpc) is 3.25. The van der Waals surface area contributed by atoms with E-state index in [2.05, 4.69) is 26.0 Å². The number of benzene rings is 3. The molecule has 0 aliphatic heterocycles. The molecule has 0 unspecified atom stereocenters. The quantitative estimate of drug-likeness (QED) is 0.0545. The SMILES string of the molecule is CCCCCCCCCCCCCCCCOc1ccc(Oc2cc(C#N)c(C#N)cc2Oc2ccc(OCCCCCCCCCCCCCCCC)cc2)cc1. The fourth-order valence-electron chi connectivity index (χ4n) is 7.34. The summed E-state index contributed by atoms with van der Waals surface area (Å²) in [7, 11) is 0. The lowest BCUT2D eigenvalue weighted by molar-refractivity contribution is 0.303. The van der Waals surface area contributed by atoms with Crippen molar-refractivity contribution in [1.29, 1.82) is 10.5 Å². The number of unbranched alkanes of at least 4 members (excludes halogenated alkanes) is 26. The second-order valence-electron chi connectivity index (χ2n) is 16.1. The van der Waals surface area contributed by atoms with Crippen LogP contribution in [0.25, 0.3) is 0 Å². The number of nitrogens with zero attached hydrogens (tertiary/aromatic N) is 2. The summed E-state index contributed by atoms with van der Waals surface area (Å²) in [4.78, 5) is 0. The molecular weight excluding hydrogens is 717 g/mol. The van der Waals surface area contributed by atoms with Crippen LogP contribution in [0.5, 0.6) is 34.5 Å². The molecule has 0 radical (unpaired) electrons. The molecule has 0 fully saturated rings. The predicted molar refractivity (Wildman–Crippen MR) is 241 cm³/mol. The Kier molecular flexibility index (Phi) is 27.2. The minimum atomic E-state index is 0.227. The van der Waals surface area contributed by atoms with Gasteiger partial charge >= 0.3 is 0 Å². The maximum Gasteiger partial charge on any atom is 0.171 e. The van der Waals surface area contributed by atoms with E-state index in [1.807, 2.05) is 48.5 Å². The van der Waals surface area contributed by atoms with Crippen LogP contribution in [-0.4, -0.2) is 13.2 Å². The number of hydrogen-bond acceptors (Lipinski definition) is 6. The lowest BCUT2D eigenvalue weighted by Gasteiger charge is -2.14. The van der Waals surface area contributed by atoms with Gasteiger partial charge in [-0.25, -0.2) is 0 Å². The first-order valence-electron chi connectivity index (χ1n) is 23.5. The minimum Gasteiger partial charge on any atom is -0.494 e. The maximum absolute atomic E-state index is 9.70. The molecule has 6 heteroatoms. The summed E-state index contributed by atoms with van der Waals surface area (Å²) >= 11 is 0. The highest BCUT2D eigenvalue weighted by molar-refractivity contribution is 5.58. The van der Waals surface area contributed by atoms with E-state index in [1.165, 1.54) is 167 Å². The summed E-state index contributed by atoms with van der Waals surface area (Å²) in [6.07, 6.45) is 37.4. The molecule has 318 valence electrons. The predicted octanol–water partition coefficient (Wildman–Crippen LogP) is 16.7. The van der Waals surface area contributed by atoms with Gasteiger partial charge in [0.25, 0.3) is 0 Å².